The van der Waals surface area contributed by atoms with E-state index in [0.29, 0.717) is 12.8 Å². The van der Waals surface area contributed by atoms with Crippen LogP contribution < -0.4 is 5.32 Å². The summed E-state index contributed by atoms with van der Waals surface area (Å²) in [4.78, 5) is 0. The molecule has 1 N–H and O–H groups in total. The van der Waals surface area contributed by atoms with E-state index < -0.39 is 12.9 Å². The first-order chi connectivity index (χ1) is 17.7. The smallest absolute Gasteiger partial charge is 0.220 e. The number of benzene rings is 4. The standard InChI is InChI=1S/C32H34NO2P/c1-2-3-16-25-36(34,35-26-28-17-8-4-9-18-28)27-33-32(29-19-10-5-11-20-29,30-21-12-6-13-22-30)31-23-14-7-15-24-31/h3-24,33H,2,25-27H2,1H3/b16-3+. The lowest BCUT2D eigenvalue weighted by atomic mass is 9.77. The van der Waals surface area contributed by atoms with E-state index in [1.54, 1.807) is 0 Å². The van der Waals surface area contributed by atoms with Gasteiger partial charge in [-0.1, -0.05) is 140 Å². The van der Waals surface area contributed by atoms with E-state index in [2.05, 4.69) is 54.7 Å². The largest absolute Gasteiger partial charge is 0.323 e. The number of hydrogen-bond acceptors (Lipinski definition) is 3. The first-order valence-corrected chi connectivity index (χ1v) is 14.5. The molecule has 0 aliphatic heterocycles. The molecule has 0 spiro atoms. The van der Waals surface area contributed by atoms with E-state index in [0.717, 1.165) is 28.7 Å². The van der Waals surface area contributed by atoms with Gasteiger partial charge in [0.2, 0.25) is 7.37 Å². The van der Waals surface area contributed by atoms with Crippen LogP contribution in [-0.4, -0.2) is 12.4 Å². The van der Waals surface area contributed by atoms with Crippen LogP contribution in [0.5, 0.6) is 0 Å². The summed E-state index contributed by atoms with van der Waals surface area (Å²) < 4.78 is 20.5. The van der Waals surface area contributed by atoms with Gasteiger partial charge in [-0.25, -0.2) is 0 Å². The van der Waals surface area contributed by atoms with E-state index >= 15 is 0 Å². The maximum Gasteiger partial charge on any atom is 0.220 e. The van der Waals surface area contributed by atoms with Crippen molar-refractivity contribution in [2.45, 2.75) is 25.5 Å². The molecule has 0 saturated carbocycles. The van der Waals surface area contributed by atoms with Crippen molar-refractivity contribution in [1.82, 2.24) is 5.32 Å². The molecule has 1 atom stereocenters. The molecule has 0 aromatic heterocycles. The van der Waals surface area contributed by atoms with Crippen molar-refractivity contribution in [3.63, 3.8) is 0 Å². The van der Waals surface area contributed by atoms with Crippen molar-refractivity contribution < 1.29 is 9.09 Å². The van der Waals surface area contributed by atoms with Crippen LogP contribution in [0.25, 0.3) is 0 Å². The van der Waals surface area contributed by atoms with E-state index in [1.807, 2.05) is 91.0 Å². The van der Waals surface area contributed by atoms with Crippen LogP contribution in [0.2, 0.25) is 0 Å². The minimum absolute atomic E-state index is 0.229. The fourth-order valence-electron chi connectivity index (χ4n) is 4.44. The van der Waals surface area contributed by atoms with Crippen LogP contribution in [-0.2, 0) is 21.2 Å². The molecule has 4 heteroatoms. The van der Waals surface area contributed by atoms with Crippen LogP contribution in [0.1, 0.15) is 35.6 Å². The fourth-order valence-corrected chi connectivity index (χ4v) is 6.10. The second-order valence-corrected chi connectivity index (χ2v) is 11.4. The lowest BCUT2D eigenvalue weighted by molar-refractivity contribution is 0.299. The van der Waals surface area contributed by atoms with E-state index in [4.69, 9.17) is 4.52 Å². The van der Waals surface area contributed by atoms with Crippen molar-refractivity contribution in [2.75, 3.05) is 12.4 Å². The third kappa shape index (κ3) is 6.30. The summed E-state index contributed by atoms with van der Waals surface area (Å²) in [5, 5.41) is 3.76. The quantitative estimate of drug-likeness (QED) is 0.123. The predicted octanol–water partition coefficient (Wildman–Crippen LogP) is 7.99. The van der Waals surface area contributed by atoms with Crippen LogP contribution in [0.4, 0.5) is 0 Å². The van der Waals surface area contributed by atoms with Gasteiger partial charge in [0.05, 0.1) is 18.4 Å². The molecule has 0 fully saturated rings. The highest BCUT2D eigenvalue weighted by atomic mass is 31.2. The Labute approximate surface area is 215 Å². The van der Waals surface area contributed by atoms with E-state index in [-0.39, 0.29) is 6.29 Å². The Kier molecular flexibility index (Phi) is 9.08. The van der Waals surface area contributed by atoms with Gasteiger partial charge >= 0.3 is 0 Å². The monoisotopic (exact) mass is 495 g/mol. The second-order valence-electron chi connectivity index (χ2n) is 8.82. The van der Waals surface area contributed by atoms with Gasteiger partial charge in [-0.05, 0) is 28.7 Å². The molecule has 4 aromatic rings. The maximum atomic E-state index is 14.3. The number of hydrogen-bond donors (Lipinski definition) is 1. The number of allylic oxidation sites excluding steroid dienone is 2. The normalized spacial score (nSPS) is 13.5. The first-order valence-electron chi connectivity index (χ1n) is 12.5. The Hall–Kier alpha value is -3.23. The lowest BCUT2D eigenvalue weighted by Gasteiger charge is -2.38. The zero-order valence-corrected chi connectivity index (χ0v) is 21.7. The van der Waals surface area contributed by atoms with Gasteiger partial charge < -0.3 is 4.52 Å². The highest BCUT2D eigenvalue weighted by Crippen LogP contribution is 2.49. The minimum Gasteiger partial charge on any atom is -0.323 e. The molecule has 0 heterocycles. The fraction of sp³-hybridized carbons (Fsp3) is 0.188. The lowest BCUT2D eigenvalue weighted by Crippen LogP contribution is -2.45. The van der Waals surface area contributed by atoms with Crippen LogP contribution >= 0.6 is 7.37 Å². The molecule has 4 rings (SSSR count). The zero-order valence-electron chi connectivity index (χ0n) is 20.8. The summed E-state index contributed by atoms with van der Waals surface area (Å²) in [6.45, 7) is 2.39. The Bertz CT molecular complexity index is 1160. The number of nitrogens with one attached hydrogen (secondary N) is 1. The molecule has 0 aliphatic rings. The van der Waals surface area contributed by atoms with Crippen LogP contribution in [0.3, 0.4) is 0 Å². The average Bonchev–Trinajstić information content (AvgIpc) is 2.95. The highest BCUT2D eigenvalue weighted by molar-refractivity contribution is 7.59. The van der Waals surface area contributed by atoms with Gasteiger partial charge in [0, 0.05) is 6.16 Å². The predicted molar refractivity (Wildman–Crippen MR) is 150 cm³/mol. The SMILES string of the molecule is CC/C=C/CP(=O)(CNC(c1ccccc1)(c1ccccc1)c1ccccc1)OCc1ccccc1. The zero-order chi connectivity index (χ0) is 25.1. The summed E-state index contributed by atoms with van der Waals surface area (Å²) in [6.07, 6.45) is 5.55. The van der Waals surface area contributed by atoms with Gasteiger partial charge in [0.15, 0.2) is 0 Å². The summed E-state index contributed by atoms with van der Waals surface area (Å²) in [7, 11) is -3.07. The minimum atomic E-state index is -3.07. The molecule has 36 heavy (non-hydrogen) atoms. The van der Waals surface area contributed by atoms with Crippen molar-refractivity contribution in [3.05, 3.63) is 156 Å². The maximum absolute atomic E-state index is 14.3. The molecule has 184 valence electrons. The van der Waals surface area contributed by atoms with Gasteiger partial charge in [-0.15, -0.1) is 0 Å². The third-order valence-corrected chi connectivity index (χ3v) is 8.31. The summed E-state index contributed by atoms with van der Waals surface area (Å²) in [5.74, 6) is 0. The average molecular weight is 496 g/mol. The second kappa shape index (κ2) is 12.6. The Balaban J connectivity index is 1.74. The van der Waals surface area contributed by atoms with E-state index in [1.165, 1.54) is 0 Å². The third-order valence-electron chi connectivity index (χ3n) is 6.30. The highest BCUT2D eigenvalue weighted by Gasteiger charge is 2.38. The van der Waals surface area contributed by atoms with Gasteiger partial charge in [0.25, 0.3) is 0 Å². The topological polar surface area (TPSA) is 38.3 Å². The van der Waals surface area contributed by atoms with Crippen LogP contribution in [0, 0.1) is 0 Å². The molecule has 4 aromatic carbocycles. The number of rotatable bonds is 12. The van der Waals surface area contributed by atoms with Crippen molar-refractivity contribution in [1.29, 1.82) is 0 Å². The van der Waals surface area contributed by atoms with Crippen molar-refractivity contribution in [2.24, 2.45) is 0 Å². The molecule has 0 bridgehead atoms. The molecule has 3 nitrogen and oxygen atoms in total. The molecule has 0 aliphatic carbocycles. The molecular weight excluding hydrogens is 461 g/mol. The molecule has 0 radical (unpaired) electrons. The van der Waals surface area contributed by atoms with Gasteiger partial charge in [-0.3, -0.25) is 9.88 Å². The molecule has 1 unspecified atom stereocenters. The summed E-state index contributed by atoms with van der Waals surface area (Å²) in [5.41, 5.74) is 3.57. The molecular formula is C32H34NO2P. The molecule has 0 amide bonds. The van der Waals surface area contributed by atoms with Crippen molar-refractivity contribution >= 4 is 7.37 Å². The Morgan fingerprint density at radius 3 is 1.58 bits per heavy atom. The Morgan fingerprint density at radius 1 is 0.694 bits per heavy atom. The summed E-state index contributed by atoms with van der Waals surface area (Å²) in [6, 6.07) is 41.0. The molecule has 0 saturated heterocycles. The van der Waals surface area contributed by atoms with E-state index in [9.17, 15) is 4.57 Å². The summed E-state index contributed by atoms with van der Waals surface area (Å²) >= 11 is 0. The first kappa shape index (κ1) is 25.9. The Morgan fingerprint density at radius 2 is 1.14 bits per heavy atom. The van der Waals surface area contributed by atoms with Crippen molar-refractivity contribution in [3.8, 4) is 0 Å². The van der Waals surface area contributed by atoms with Crippen LogP contribution in [0.15, 0.2) is 133 Å². The van der Waals surface area contributed by atoms with Gasteiger partial charge in [0.1, 0.15) is 0 Å². The van der Waals surface area contributed by atoms with Gasteiger partial charge in [-0.2, -0.15) is 0 Å².